The number of hydrogen-bond donors (Lipinski definition) is 2. The van der Waals surface area contributed by atoms with Crippen molar-refractivity contribution in [2.24, 2.45) is 10.7 Å². The van der Waals surface area contributed by atoms with Crippen LogP contribution in [0, 0.1) is 13.8 Å². The van der Waals surface area contributed by atoms with Crippen molar-refractivity contribution in [1.82, 2.24) is 10.3 Å². The Morgan fingerprint density at radius 3 is 2.44 bits per heavy atom. The van der Waals surface area contributed by atoms with Gasteiger partial charge in [0.2, 0.25) is 5.78 Å². The van der Waals surface area contributed by atoms with Gasteiger partial charge in [0, 0.05) is 35.6 Å². The Morgan fingerprint density at radius 2 is 1.84 bits per heavy atom. The first-order valence-corrected chi connectivity index (χ1v) is 10.1. The van der Waals surface area contributed by atoms with E-state index in [4.69, 9.17) is 15.2 Å². The molecule has 0 bridgehead atoms. The van der Waals surface area contributed by atoms with E-state index < -0.39 is 11.5 Å². The largest absolute Gasteiger partial charge is 0.488 e. The van der Waals surface area contributed by atoms with Crippen molar-refractivity contribution in [2.75, 3.05) is 13.7 Å². The molecule has 0 aliphatic carbocycles. The van der Waals surface area contributed by atoms with Gasteiger partial charge in [-0.3, -0.25) is 14.6 Å². The highest BCUT2D eigenvalue weighted by Crippen LogP contribution is 2.32. The number of ether oxygens (including phenoxy) is 2. The molecule has 0 fully saturated rings. The van der Waals surface area contributed by atoms with Crippen molar-refractivity contribution < 1.29 is 19.1 Å². The average molecular weight is 439 g/mol. The molecule has 2 rings (SSSR count). The summed E-state index contributed by atoms with van der Waals surface area (Å²) < 4.78 is 11.8. The molecular weight excluding hydrogens is 408 g/mol. The maximum Gasteiger partial charge on any atom is 0.279 e. The van der Waals surface area contributed by atoms with Gasteiger partial charge in [-0.15, -0.1) is 0 Å². The molecule has 0 aliphatic heterocycles. The second kappa shape index (κ2) is 10.6. The van der Waals surface area contributed by atoms with Gasteiger partial charge >= 0.3 is 0 Å². The van der Waals surface area contributed by atoms with Crippen LogP contribution in [-0.4, -0.2) is 41.8 Å². The summed E-state index contributed by atoms with van der Waals surface area (Å²) >= 11 is 0. The summed E-state index contributed by atoms with van der Waals surface area (Å²) in [5.41, 5.74) is 7.42. The van der Waals surface area contributed by atoms with Gasteiger partial charge in [0.05, 0.1) is 0 Å². The fourth-order valence-electron chi connectivity index (χ4n) is 2.62. The average Bonchev–Trinajstić information content (AvgIpc) is 2.72. The van der Waals surface area contributed by atoms with Gasteiger partial charge in [0.25, 0.3) is 5.91 Å². The third-order valence-electron chi connectivity index (χ3n) is 4.22. The highest BCUT2D eigenvalue weighted by molar-refractivity contribution is 6.06. The predicted octanol–water partition coefficient (Wildman–Crippen LogP) is 3.37. The van der Waals surface area contributed by atoms with Gasteiger partial charge in [-0.2, -0.15) is 4.99 Å². The number of nitrogens with two attached hydrogens (primary N) is 1. The van der Waals surface area contributed by atoms with Crippen LogP contribution in [0.5, 0.6) is 11.5 Å². The van der Waals surface area contributed by atoms with Gasteiger partial charge in [0.1, 0.15) is 22.9 Å². The minimum absolute atomic E-state index is 0.0488. The molecule has 170 valence electrons. The van der Waals surface area contributed by atoms with Crippen LogP contribution in [0.2, 0.25) is 0 Å². The van der Waals surface area contributed by atoms with E-state index in [2.05, 4.69) is 15.3 Å². The van der Waals surface area contributed by atoms with E-state index in [0.29, 0.717) is 22.6 Å². The van der Waals surface area contributed by atoms with Crippen molar-refractivity contribution in [3.63, 3.8) is 0 Å². The van der Waals surface area contributed by atoms with Crippen molar-refractivity contribution in [3.05, 3.63) is 65.1 Å². The monoisotopic (exact) mass is 438 g/mol. The minimum Gasteiger partial charge on any atom is -0.488 e. The molecule has 32 heavy (non-hydrogen) atoms. The number of benzene rings is 1. The summed E-state index contributed by atoms with van der Waals surface area (Å²) in [6, 6.07) is 6.59. The highest BCUT2D eigenvalue weighted by Gasteiger charge is 2.20. The summed E-state index contributed by atoms with van der Waals surface area (Å²) in [5.74, 6) is 0.0745. The Bertz CT molecular complexity index is 1040. The number of aromatic nitrogens is 1. The van der Waals surface area contributed by atoms with E-state index in [9.17, 15) is 9.59 Å². The fourth-order valence-corrected chi connectivity index (χ4v) is 2.62. The van der Waals surface area contributed by atoms with Crippen LogP contribution in [0.15, 0.2) is 47.7 Å². The van der Waals surface area contributed by atoms with Gasteiger partial charge in [0.15, 0.2) is 6.61 Å². The molecule has 0 unspecified atom stereocenters. The molecule has 1 aromatic heterocycles. The number of aryl methyl sites for hydroxylation is 1. The number of carbonyl (C=O) groups excluding carboxylic acids is 2. The van der Waals surface area contributed by atoms with Crippen molar-refractivity contribution in [1.29, 1.82) is 0 Å². The lowest BCUT2D eigenvalue weighted by molar-refractivity contribution is 0.0918. The number of aliphatic imine (C=N–C) groups is 1. The predicted molar refractivity (Wildman–Crippen MR) is 125 cm³/mol. The first-order valence-electron chi connectivity index (χ1n) is 10.1. The van der Waals surface area contributed by atoms with Crippen molar-refractivity contribution in [3.8, 4) is 11.5 Å². The maximum atomic E-state index is 12.7. The number of carbonyl (C=O) groups is 2. The summed E-state index contributed by atoms with van der Waals surface area (Å²) in [6.07, 6.45) is 4.55. The van der Waals surface area contributed by atoms with E-state index in [-0.39, 0.29) is 23.8 Å². The number of pyridine rings is 1. The molecule has 1 amide bonds. The van der Waals surface area contributed by atoms with E-state index in [1.165, 1.54) is 18.3 Å². The highest BCUT2D eigenvalue weighted by atomic mass is 16.5. The second-order valence-electron chi connectivity index (χ2n) is 8.18. The van der Waals surface area contributed by atoms with Crippen molar-refractivity contribution >= 4 is 17.5 Å². The van der Waals surface area contributed by atoms with E-state index in [1.807, 2.05) is 27.7 Å². The second-order valence-corrected chi connectivity index (χ2v) is 8.18. The summed E-state index contributed by atoms with van der Waals surface area (Å²) in [7, 11) is 1.71. The molecule has 0 spiro atoms. The van der Waals surface area contributed by atoms with Gasteiger partial charge in [-0.1, -0.05) is 0 Å². The number of amides is 1. The Hall–Kier alpha value is -3.68. The van der Waals surface area contributed by atoms with Crippen LogP contribution < -0.4 is 20.5 Å². The molecule has 8 heteroatoms. The Morgan fingerprint density at radius 1 is 1.16 bits per heavy atom. The summed E-state index contributed by atoms with van der Waals surface area (Å²) in [5, 5.41) is 2.78. The quantitative estimate of drug-likeness (QED) is 0.369. The molecule has 0 aliphatic rings. The van der Waals surface area contributed by atoms with Crippen LogP contribution >= 0.6 is 0 Å². The number of Topliss-reactive ketones (excluding diaryl/α,β-unsaturated/α-hetero) is 1. The van der Waals surface area contributed by atoms with Gasteiger partial charge in [-0.05, 0) is 71.2 Å². The number of rotatable bonds is 8. The summed E-state index contributed by atoms with van der Waals surface area (Å²) in [4.78, 5) is 33.2. The topological polar surface area (TPSA) is 116 Å². The number of amidine groups is 1. The van der Waals surface area contributed by atoms with Crippen LogP contribution in [0.4, 0.5) is 0 Å². The lowest BCUT2D eigenvalue weighted by Gasteiger charge is -2.24. The lowest BCUT2D eigenvalue weighted by atomic mass is 10.1. The molecule has 8 nitrogen and oxygen atoms in total. The van der Waals surface area contributed by atoms with E-state index >= 15 is 0 Å². The Kier molecular flexibility index (Phi) is 8.12. The van der Waals surface area contributed by atoms with Crippen LogP contribution in [-0.2, 0) is 0 Å². The first kappa shape index (κ1) is 24.6. The normalized spacial score (nSPS) is 12.0. The first-order chi connectivity index (χ1) is 15.0. The smallest absolute Gasteiger partial charge is 0.279 e. The Labute approximate surface area is 188 Å². The van der Waals surface area contributed by atoms with Crippen molar-refractivity contribution in [2.45, 2.75) is 40.2 Å². The standard InChI is InChI=1S/C24H30N4O4/c1-15-7-8-17(13-27-15)19(29)14-31-20-11-18(23(30)28-22(25)9-10-26-6)12-21(16(20)2)32-24(3,4)5/h7-13,26H,14H2,1-6H3,(H2,25,28,30)/b10-9-. The molecule has 0 radical (unpaired) electrons. The van der Waals surface area contributed by atoms with Gasteiger partial charge in [-0.25, -0.2) is 0 Å². The number of ketones is 1. The van der Waals surface area contributed by atoms with E-state index in [0.717, 1.165) is 5.69 Å². The zero-order valence-electron chi connectivity index (χ0n) is 19.4. The maximum absolute atomic E-state index is 12.7. The van der Waals surface area contributed by atoms with Crippen LogP contribution in [0.1, 0.15) is 52.7 Å². The molecule has 1 aromatic carbocycles. The minimum atomic E-state index is -0.555. The Balaban J connectivity index is 2.35. The zero-order chi connectivity index (χ0) is 23.9. The van der Waals surface area contributed by atoms with Crippen LogP contribution in [0.25, 0.3) is 0 Å². The fraction of sp³-hybridized carbons (Fsp3) is 0.333. The molecule has 3 N–H and O–H groups in total. The van der Waals surface area contributed by atoms with Crippen LogP contribution in [0.3, 0.4) is 0 Å². The third kappa shape index (κ3) is 7.23. The molecule has 0 saturated carbocycles. The lowest BCUT2D eigenvalue weighted by Crippen LogP contribution is -2.24. The molecule has 1 heterocycles. The number of nitrogens with zero attached hydrogens (tertiary/aromatic N) is 2. The molecule has 0 saturated heterocycles. The number of nitrogens with one attached hydrogen (secondary N) is 1. The third-order valence-corrected chi connectivity index (χ3v) is 4.22. The summed E-state index contributed by atoms with van der Waals surface area (Å²) in [6.45, 7) is 9.12. The van der Waals surface area contributed by atoms with Gasteiger partial charge < -0.3 is 20.5 Å². The molecular formula is C24H30N4O4. The molecule has 0 atom stereocenters. The zero-order valence-corrected chi connectivity index (χ0v) is 19.4. The molecule has 2 aromatic rings. The van der Waals surface area contributed by atoms with E-state index in [1.54, 1.807) is 38.4 Å². The SMILES string of the molecule is CN/C=C\C(N)=NC(=O)c1cc(OCC(=O)c2ccc(C)nc2)c(C)c(OC(C)(C)C)c1. The number of hydrogen-bond acceptors (Lipinski definition) is 6.